The second kappa shape index (κ2) is 6.24. The summed E-state index contributed by atoms with van der Waals surface area (Å²) in [5.74, 6) is -0.159. The monoisotopic (exact) mass is 297 g/mol. The SMILES string of the molecule is CCOC(=O)C1(NCc2cccs2)CCOC(C)(C)C1. The van der Waals surface area contributed by atoms with Gasteiger partial charge in [0.25, 0.3) is 0 Å². The first-order valence-corrected chi connectivity index (χ1v) is 7.94. The fraction of sp³-hybridized carbons (Fsp3) is 0.667. The molecule has 0 aliphatic carbocycles. The number of hydrogen-bond acceptors (Lipinski definition) is 5. The minimum Gasteiger partial charge on any atom is -0.465 e. The molecule has 1 N–H and O–H groups in total. The minimum atomic E-state index is -0.637. The molecule has 0 amide bonds. The predicted molar refractivity (Wildman–Crippen MR) is 79.8 cm³/mol. The van der Waals surface area contributed by atoms with Crippen LogP contribution in [0.25, 0.3) is 0 Å². The molecule has 5 heteroatoms. The van der Waals surface area contributed by atoms with Crippen molar-refractivity contribution in [2.24, 2.45) is 0 Å². The van der Waals surface area contributed by atoms with Crippen LogP contribution in [0.5, 0.6) is 0 Å². The van der Waals surface area contributed by atoms with Gasteiger partial charge < -0.3 is 9.47 Å². The molecule has 112 valence electrons. The fourth-order valence-corrected chi connectivity index (χ4v) is 3.35. The van der Waals surface area contributed by atoms with Gasteiger partial charge in [0.15, 0.2) is 0 Å². The number of hydrogen-bond donors (Lipinski definition) is 1. The van der Waals surface area contributed by atoms with E-state index >= 15 is 0 Å². The summed E-state index contributed by atoms with van der Waals surface area (Å²) < 4.78 is 11.0. The molecule has 0 saturated carbocycles. The number of esters is 1. The maximum atomic E-state index is 12.4. The Bertz CT molecular complexity index is 444. The summed E-state index contributed by atoms with van der Waals surface area (Å²) in [5, 5.41) is 5.48. The first-order valence-electron chi connectivity index (χ1n) is 7.06. The molecule has 1 saturated heterocycles. The second-order valence-electron chi connectivity index (χ2n) is 5.77. The minimum absolute atomic E-state index is 0.159. The molecule has 1 aromatic heterocycles. The zero-order valence-electron chi connectivity index (χ0n) is 12.4. The number of carbonyl (C=O) groups excluding carboxylic acids is 1. The van der Waals surface area contributed by atoms with E-state index in [1.54, 1.807) is 11.3 Å². The van der Waals surface area contributed by atoms with Gasteiger partial charge in [0.1, 0.15) is 5.54 Å². The van der Waals surface area contributed by atoms with Crippen molar-refractivity contribution in [1.29, 1.82) is 0 Å². The van der Waals surface area contributed by atoms with Crippen LogP contribution in [0.3, 0.4) is 0 Å². The molecular weight excluding hydrogens is 274 g/mol. The Labute approximate surface area is 124 Å². The van der Waals surface area contributed by atoms with Gasteiger partial charge in [-0.3, -0.25) is 10.1 Å². The van der Waals surface area contributed by atoms with Crippen LogP contribution < -0.4 is 5.32 Å². The van der Waals surface area contributed by atoms with Gasteiger partial charge in [-0.15, -0.1) is 11.3 Å². The molecule has 4 nitrogen and oxygen atoms in total. The molecule has 20 heavy (non-hydrogen) atoms. The molecule has 1 atom stereocenters. The van der Waals surface area contributed by atoms with E-state index in [0.717, 1.165) is 0 Å². The normalized spacial score (nSPS) is 25.4. The zero-order valence-corrected chi connectivity index (χ0v) is 13.2. The number of rotatable bonds is 5. The summed E-state index contributed by atoms with van der Waals surface area (Å²) in [6.07, 6.45) is 1.28. The summed E-state index contributed by atoms with van der Waals surface area (Å²) in [7, 11) is 0. The summed E-state index contributed by atoms with van der Waals surface area (Å²) in [4.78, 5) is 13.7. The quantitative estimate of drug-likeness (QED) is 0.849. The molecule has 0 aromatic carbocycles. The van der Waals surface area contributed by atoms with Crippen LogP contribution in [-0.2, 0) is 20.8 Å². The average Bonchev–Trinajstić information content (AvgIpc) is 2.88. The van der Waals surface area contributed by atoms with Gasteiger partial charge in [-0.2, -0.15) is 0 Å². The Morgan fingerprint density at radius 2 is 2.35 bits per heavy atom. The number of thiophene rings is 1. The molecule has 1 aliphatic rings. The van der Waals surface area contributed by atoms with Crippen LogP contribution in [0.4, 0.5) is 0 Å². The highest BCUT2D eigenvalue weighted by molar-refractivity contribution is 7.09. The van der Waals surface area contributed by atoms with E-state index in [1.165, 1.54) is 4.88 Å². The summed E-state index contributed by atoms with van der Waals surface area (Å²) in [6.45, 7) is 7.55. The standard InChI is InChI=1S/C15H23NO3S/c1-4-18-13(17)15(7-8-19-14(2,3)11-15)16-10-12-6-5-9-20-12/h5-6,9,16H,4,7-8,10-11H2,1-3H3. The van der Waals surface area contributed by atoms with Gasteiger partial charge in [0, 0.05) is 24.4 Å². The van der Waals surface area contributed by atoms with E-state index in [9.17, 15) is 4.79 Å². The van der Waals surface area contributed by atoms with E-state index in [-0.39, 0.29) is 11.6 Å². The first-order chi connectivity index (χ1) is 9.47. The Balaban J connectivity index is 2.13. The van der Waals surface area contributed by atoms with E-state index < -0.39 is 5.54 Å². The van der Waals surface area contributed by atoms with Crippen molar-refractivity contribution in [3.8, 4) is 0 Å². The molecule has 0 radical (unpaired) electrons. The number of carbonyl (C=O) groups is 1. The van der Waals surface area contributed by atoms with Crippen LogP contribution in [0, 0.1) is 0 Å². The van der Waals surface area contributed by atoms with Gasteiger partial charge in [0.05, 0.1) is 12.2 Å². The molecule has 1 unspecified atom stereocenters. The molecule has 1 aromatic rings. The van der Waals surface area contributed by atoms with Gasteiger partial charge >= 0.3 is 5.97 Å². The average molecular weight is 297 g/mol. The topological polar surface area (TPSA) is 47.6 Å². The molecule has 0 spiro atoms. The molecule has 1 fully saturated rings. The van der Waals surface area contributed by atoms with Crippen molar-refractivity contribution in [3.05, 3.63) is 22.4 Å². The molecule has 2 rings (SSSR count). The maximum Gasteiger partial charge on any atom is 0.326 e. The lowest BCUT2D eigenvalue weighted by atomic mass is 9.81. The highest BCUT2D eigenvalue weighted by atomic mass is 32.1. The third-order valence-electron chi connectivity index (χ3n) is 3.60. The summed E-state index contributed by atoms with van der Waals surface area (Å²) >= 11 is 1.69. The van der Waals surface area contributed by atoms with Gasteiger partial charge in [0.2, 0.25) is 0 Å². The lowest BCUT2D eigenvalue weighted by molar-refractivity contribution is -0.164. The van der Waals surface area contributed by atoms with E-state index in [1.807, 2.05) is 32.2 Å². The van der Waals surface area contributed by atoms with Crippen LogP contribution in [0.15, 0.2) is 17.5 Å². The Morgan fingerprint density at radius 3 is 2.95 bits per heavy atom. The fourth-order valence-electron chi connectivity index (χ4n) is 2.70. The maximum absolute atomic E-state index is 12.4. The van der Waals surface area contributed by atoms with Gasteiger partial charge in [-0.05, 0) is 38.6 Å². The van der Waals surface area contributed by atoms with Crippen molar-refractivity contribution in [2.75, 3.05) is 13.2 Å². The van der Waals surface area contributed by atoms with Crippen molar-refractivity contribution < 1.29 is 14.3 Å². The van der Waals surface area contributed by atoms with E-state index in [4.69, 9.17) is 9.47 Å². The highest BCUT2D eigenvalue weighted by Crippen LogP contribution is 2.33. The van der Waals surface area contributed by atoms with Crippen molar-refractivity contribution >= 4 is 17.3 Å². The highest BCUT2D eigenvalue weighted by Gasteiger charge is 2.47. The van der Waals surface area contributed by atoms with Crippen LogP contribution in [0.2, 0.25) is 0 Å². The first kappa shape index (κ1) is 15.5. The van der Waals surface area contributed by atoms with Gasteiger partial charge in [-0.1, -0.05) is 6.07 Å². The zero-order chi connectivity index (χ0) is 14.6. The Morgan fingerprint density at radius 1 is 1.55 bits per heavy atom. The third kappa shape index (κ3) is 3.59. The summed E-state index contributed by atoms with van der Waals surface area (Å²) in [5.41, 5.74) is -0.949. The third-order valence-corrected chi connectivity index (χ3v) is 4.47. The van der Waals surface area contributed by atoms with Crippen LogP contribution >= 0.6 is 11.3 Å². The summed E-state index contributed by atoms with van der Waals surface area (Å²) in [6, 6.07) is 4.09. The van der Waals surface area contributed by atoms with E-state index in [2.05, 4.69) is 11.4 Å². The number of nitrogens with one attached hydrogen (secondary N) is 1. The van der Waals surface area contributed by atoms with Crippen LogP contribution in [-0.4, -0.2) is 30.3 Å². The van der Waals surface area contributed by atoms with Crippen molar-refractivity contribution in [3.63, 3.8) is 0 Å². The smallest absolute Gasteiger partial charge is 0.326 e. The van der Waals surface area contributed by atoms with Gasteiger partial charge in [-0.25, -0.2) is 0 Å². The molecule has 2 heterocycles. The Kier molecular flexibility index (Phi) is 4.83. The van der Waals surface area contributed by atoms with Crippen LogP contribution in [0.1, 0.15) is 38.5 Å². The number of ether oxygens (including phenoxy) is 2. The molecule has 0 bridgehead atoms. The molecule has 1 aliphatic heterocycles. The molecular formula is C15H23NO3S. The van der Waals surface area contributed by atoms with Crippen molar-refractivity contribution in [1.82, 2.24) is 5.32 Å². The lowest BCUT2D eigenvalue weighted by Gasteiger charge is -2.43. The van der Waals surface area contributed by atoms with Crippen molar-refractivity contribution in [2.45, 2.75) is 51.3 Å². The second-order valence-corrected chi connectivity index (χ2v) is 6.80. The van der Waals surface area contributed by atoms with E-state index in [0.29, 0.717) is 32.6 Å². The lowest BCUT2D eigenvalue weighted by Crippen LogP contribution is -2.60. The predicted octanol–water partition coefficient (Wildman–Crippen LogP) is 2.73. The largest absolute Gasteiger partial charge is 0.465 e. The Hall–Kier alpha value is -0.910.